The lowest BCUT2D eigenvalue weighted by Gasteiger charge is -2.23. The predicted molar refractivity (Wildman–Crippen MR) is 129 cm³/mol. The van der Waals surface area contributed by atoms with Crippen molar-refractivity contribution in [2.24, 2.45) is 28.1 Å². The second kappa shape index (κ2) is 12.6. The molecule has 0 heterocycles. The maximum atomic E-state index is 14.1. The summed E-state index contributed by atoms with van der Waals surface area (Å²) in [7, 11) is 1.68. The lowest BCUT2D eigenvalue weighted by molar-refractivity contribution is -0.121. The molecule has 0 aromatic heterocycles. The van der Waals surface area contributed by atoms with Crippen LogP contribution in [-0.4, -0.2) is 42.8 Å². The van der Waals surface area contributed by atoms with Gasteiger partial charge in [0, 0.05) is 47.4 Å². The van der Waals surface area contributed by atoms with Gasteiger partial charge in [0.05, 0.1) is 12.1 Å². The maximum Gasteiger partial charge on any atom is 0.254 e. The number of nitrogens with one attached hydrogen (secondary N) is 3. The summed E-state index contributed by atoms with van der Waals surface area (Å²) in [6.45, 7) is 1.97. The Kier molecular flexibility index (Phi) is 10.1. The largest absolute Gasteiger partial charge is 0.508 e. The Labute approximate surface area is 201 Å². The lowest BCUT2D eigenvalue weighted by Crippen LogP contribution is -2.47. The van der Waals surface area contributed by atoms with Gasteiger partial charge in [-0.05, 0) is 38.2 Å². The fourth-order valence-electron chi connectivity index (χ4n) is 3.22. The first-order valence-corrected chi connectivity index (χ1v) is 10.9. The third-order valence-electron chi connectivity index (χ3n) is 4.94. The number of benzene rings is 2. The summed E-state index contributed by atoms with van der Waals surface area (Å²) < 4.78 is 27.9. The van der Waals surface area contributed by atoms with E-state index >= 15 is 0 Å². The van der Waals surface area contributed by atoms with Gasteiger partial charge in [0.1, 0.15) is 17.4 Å². The summed E-state index contributed by atoms with van der Waals surface area (Å²) in [5.74, 6) is -2.76. The average molecular weight is 498 g/mol. The molecule has 0 bridgehead atoms. The highest BCUT2D eigenvalue weighted by Crippen LogP contribution is 2.22. The number of phenols is 1. The van der Waals surface area contributed by atoms with Crippen LogP contribution in [0.15, 0.2) is 41.4 Å². The Morgan fingerprint density at radius 3 is 2.47 bits per heavy atom. The number of hydrogen-bond donors (Lipinski definition) is 7. The monoisotopic (exact) mass is 497 g/mol. The van der Waals surface area contributed by atoms with E-state index in [1.165, 1.54) is 18.2 Å². The van der Waals surface area contributed by atoms with Gasteiger partial charge in [0.25, 0.3) is 5.91 Å². The molecule has 0 aliphatic heterocycles. The van der Waals surface area contributed by atoms with Crippen molar-refractivity contribution in [1.82, 2.24) is 10.6 Å². The van der Waals surface area contributed by atoms with Crippen molar-refractivity contribution in [3.05, 3.63) is 58.6 Å². The van der Waals surface area contributed by atoms with Crippen molar-refractivity contribution >= 4 is 29.2 Å². The van der Waals surface area contributed by atoms with Gasteiger partial charge in [0.2, 0.25) is 5.96 Å². The van der Waals surface area contributed by atoms with E-state index in [-0.39, 0.29) is 40.9 Å². The zero-order valence-corrected chi connectivity index (χ0v) is 19.6. The number of hydrogen-bond acceptors (Lipinski definition) is 6. The number of aromatic hydroxyl groups is 1. The molecule has 9 nitrogen and oxygen atoms in total. The highest BCUT2D eigenvalue weighted by atomic mass is 35.5. The molecule has 0 saturated heterocycles. The third-order valence-corrected chi connectivity index (χ3v) is 5.15. The van der Waals surface area contributed by atoms with E-state index in [9.17, 15) is 18.7 Å². The lowest BCUT2D eigenvalue weighted by atomic mass is 10.0. The van der Waals surface area contributed by atoms with Gasteiger partial charge in [-0.15, -0.1) is 0 Å². The van der Waals surface area contributed by atoms with Crippen LogP contribution in [-0.2, 0) is 4.79 Å². The Hall–Kier alpha value is -2.83. The van der Waals surface area contributed by atoms with Crippen LogP contribution in [0.25, 0.3) is 0 Å². The number of guanidine groups is 1. The first kappa shape index (κ1) is 27.4. The van der Waals surface area contributed by atoms with E-state index in [1.807, 2.05) is 0 Å². The normalized spacial score (nSPS) is 15.4. The minimum atomic E-state index is -0.885. The van der Waals surface area contributed by atoms with Crippen LogP contribution in [0.5, 0.6) is 5.75 Å². The Morgan fingerprint density at radius 2 is 1.88 bits per heavy atom. The SMILES string of the molecule is CNCC(C(=O)/N=C(\Nc1cc(F)cc(Cl)c1)NC(N)CC(N)c1ccc(O)cc1F)C(C)N. The number of carbonyl (C=O) groups is 1. The second-order valence-corrected chi connectivity index (χ2v) is 8.34. The minimum Gasteiger partial charge on any atom is -0.508 e. The predicted octanol–water partition coefficient (Wildman–Crippen LogP) is 1.77. The molecule has 2 aromatic rings. The van der Waals surface area contributed by atoms with E-state index in [2.05, 4.69) is 20.9 Å². The highest BCUT2D eigenvalue weighted by Gasteiger charge is 2.23. The number of carbonyl (C=O) groups excluding carboxylic acids is 1. The summed E-state index contributed by atoms with van der Waals surface area (Å²) in [4.78, 5) is 16.8. The number of phenolic OH excluding ortho intramolecular Hbond substituents is 1. The molecule has 12 heteroatoms. The Balaban J connectivity index is 2.25. The molecular weight excluding hydrogens is 468 g/mol. The molecule has 0 aliphatic rings. The van der Waals surface area contributed by atoms with Crippen molar-refractivity contribution < 1.29 is 18.7 Å². The zero-order valence-electron chi connectivity index (χ0n) is 18.9. The van der Waals surface area contributed by atoms with E-state index in [1.54, 1.807) is 14.0 Å². The van der Waals surface area contributed by atoms with Crippen LogP contribution >= 0.6 is 11.6 Å². The number of rotatable bonds is 9. The fraction of sp³-hybridized carbons (Fsp3) is 0.364. The molecule has 0 saturated carbocycles. The van der Waals surface area contributed by atoms with E-state index in [4.69, 9.17) is 28.8 Å². The molecule has 0 aliphatic carbocycles. The molecule has 186 valence electrons. The first-order valence-electron chi connectivity index (χ1n) is 10.5. The van der Waals surface area contributed by atoms with Crippen LogP contribution in [0, 0.1) is 17.6 Å². The van der Waals surface area contributed by atoms with Gasteiger partial charge < -0.3 is 38.3 Å². The Morgan fingerprint density at radius 1 is 1.18 bits per heavy atom. The smallest absolute Gasteiger partial charge is 0.254 e. The van der Waals surface area contributed by atoms with Gasteiger partial charge in [-0.2, -0.15) is 4.99 Å². The molecule has 0 fully saturated rings. The molecule has 4 unspecified atom stereocenters. The molecule has 1 amide bonds. The molecule has 0 spiro atoms. The standard InChI is InChI=1S/C22H30ClF2N7O2/c1-11(26)17(10-29-2)21(34)32-22(30-14-6-12(23)5-13(24)7-14)31-20(28)9-19(27)16-4-3-15(33)8-18(16)25/h3-8,11,17,19-20,29,33H,9-10,26-28H2,1-2H3,(H2,30,31,32,34). The third kappa shape index (κ3) is 8.19. The molecule has 2 aromatic carbocycles. The second-order valence-electron chi connectivity index (χ2n) is 7.90. The molecule has 4 atom stereocenters. The van der Waals surface area contributed by atoms with Gasteiger partial charge in [-0.25, -0.2) is 8.78 Å². The molecular formula is C22H30ClF2N7O2. The number of nitrogens with zero attached hydrogens (tertiary/aromatic N) is 1. The maximum absolute atomic E-state index is 14.1. The van der Waals surface area contributed by atoms with Crippen LogP contribution < -0.4 is 33.2 Å². The van der Waals surface area contributed by atoms with Gasteiger partial charge in [0.15, 0.2) is 0 Å². The first-order chi connectivity index (χ1) is 16.0. The van der Waals surface area contributed by atoms with Crippen LogP contribution in [0.3, 0.4) is 0 Å². The molecule has 0 radical (unpaired) electrons. The minimum absolute atomic E-state index is 0.0354. The van der Waals surface area contributed by atoms with E-state index in [0.717, 1.165) is 18.2 Å². The van der Waals surface area contributed by atoms with Crippen LogP contribution in [0.2, 0.25) is 5.02 Å². The van der Waals surface area contributed by atoms with Crippen molar-refractivity contribution in [2.45, 2.75) is 31.6 Å². The molecule has 34 heavy (non-hydrogen) atoms. The number of nitrogens with two attached hydrogens (primary N) is 3. The quantitative estimate of drug-likeness (QED) is 0.156. The number of halogens is 3. The molecule has 2 rings (SSSR count). The summed E-state index contributed by atoms with van der Waals surface area (Å²) in [6.07, 6.45) is -0.849. The Bertz CT molecular complexity index is 1000. The van der Waals surface area contributed by atoms with Crippen molar-refractivity contribution in [3.8, 4) is 5.75 Å². The van der Waals surface area contributed by atoms with E-state index in [0.29, 0.717) is 0 Å². The van der Waals surface area contributed by atoms with Crippen molar-refractivity contribution in [3.63, 3.8) is 0 Å². The van der Waals surface area contributed by atoms with E-state index < -0.39 is 41.7 Å². The highest BCUT2D eigenvalue weighted by molar-refractivity contribution is 6.31. The summed E-state index contributed by atoms with van der Waals surface area (Å²) in [5, 5.41) is 18.0. The average Bonchev–Trinajstić information content (AvgIpc) is 2.70. The fourth-order valence-corrected chi connectivity index (χ4v) is 3.44. The summed E-state index contributed by atoms with van der Waals surface area (Å²) in [6, 6.07) is 6.02. The van der Waals surface area contributed by atoms with Gasteiger partial charge in [-0.1, -0.05) is 17.7 Å². The van der Waals surface area contributed by atoms with Crippen LogP contribution in [0.4, 0.5) is 14.5 Å². The number of anilines is 1. The topological polar surface area (TPSA) is 164 Å². The number of aliphatic imine (C=N–C) groups is 1. The van der Waals surface area contributed by atoms with Crippen molar-refractivity contribution in [2.75, 3.05) is 18.9 Å². The summed E-state index contributed by atoms with van der Waals surface area (Å²) in [5.41, 5.74) is 18.5. The summed E-state index contributed by atoms with van der Waals surface area (Å²) >= 11 is 5.91. The molecule has 10 N–H and O–H groups in total. The van der Waals surface area contributed by atoms with Gasteiger partial charge >= 0.3 is 0 Å². The number of amides is 1. The van der Waals surface area contributed by atoms with Crippen LogP contribution in [0.1, 0.15) is 24.9 Å². The van der Waals surface area contributed by atoms with Crippen molar-refractivity contribution in [1.29, 1.82) is 0 Å². The van der Waals surface area contributed by atoms with Gasteiger partial charge in [-0.3, -0.25) is 4.79 Å². The zero-order chi connectivity index (χ0) is 25.4.